The summed E-state index contributed by atoms with van der Waals surface area (Å²) < 4.78 is 12.8. The lowest BCUT2D eigenvalue weighted by Crippen LogP contribution is -2.42. The number of likely N-dealkylation sites (tertiary alicyclic amines) is 1. The van der Waals surface area contributed by atoms with Gasteiger partial charge < -0.3 is 5.32 Å². The zero-order valence-corrected chi connectivity index (χ0v) is 12.0. The molecule has 1 aliphatic heterocycles. The summed E-state index contributed by atoms with van der Waals surface area (Å²) in [4.78, 5) is 13.9. The van der Waals surface area contributed by atoms with E-state index in [0.717, 1.165) is 24.9 Å². The van der Waals surface area contributed by atoms with E-state index in [1.807, 2.05) is 4.90 Å². The first-order valence-electron chi connectivity index (χ1n) is 7.30. The molecular weight excluding hydrogens is 269 g/mol. The van der Waals surface area contributed by atoms with Gasteiger partial charge in [0, 0.05) is 13.1 Å². The Labute approximate surface area is 124 Å². The van der Waals surface area contributed by atoms with Crippen molar-refractivity contribution in [3.05, 3.63) is 35.6 Å². The van der Waals surface area contributed by atoms with Gasteiger partial charge in [-0.15, -0.1) is 0 Å². The highest BCUT2D eigenvalue weighted by molar-refractivity contribution is 5.78. The van der Waals surface area contributed by atoms with Crippen molar-refractivity contribution >= 4 is 5.91 Å². The van der Waals surface area contributed by atoms with Gasteiger partial charge in [-0.2, -0.15) is 5.26 Å². The Balaban J connectivity index is 1.68. The van der Waals surface area contributed by atoms with E-state index in [1.165, 1.54) is 12.1 Å². The fourth-order valence-corrected chi connectivity index (χ4v) is 2.56. The minimum atomic E-state index is -0.250. The predicted molar refractivity (Wildman–Crippen MR) is 77.9 cm³/mol. The van der Waals surface area contributed by atoms with Crippen molar-refractivity contribution in [1.29, 1.82) is 5.26 Å². The number of carbonyl (C=O) groups excluding carboxylic acids is 1. The first kappa shape index (κ1) is 15.5. The van der Waals surface area contributed by atoms with Gasteiger partial charge in [-0.05, 0) is 43.5 Å². The van der Waals surface area contributed by atoms with Crippen LogP contribution in [0.5, 0.6) is 0 Å². The smallest absolute Gasteiger partial charge is 0.234 e. The van der Waals surface area contributed by atoms with Gasteiger partial charge in [0.25, 0.3) is 0 Å². The third-order valence-electron chi connectivity index (χ3n) is 3.70. The fourth-order valence-electron chi connectivity index (χ4n) is 2.56. The van der Waals surface area contributed by atoms with Crippen LogP contribution in [-0.4, -0.2) is 37.0 Å². The third kappa shape index (κ3) is 5.16. The number of piperidine rings is 1. The Morgan fingerprint density at radius 2 is 2.19 bits per heavy atom. The highest BCUT2D eigenvalue weighted by Gasteiger charge is 2.20. The normalized spacial score (nSPS) is 19.0. The Morgan fingerprint density at radius 1 is 1.43 bits per heavy atom. The van der Waals surface area contributed by atoms with Gasteiger partial charge in [-0.25, -0.2) is 4.39 Å². The Bertz CT molecular complexity index is 509. The molecule has 1 amide bonds. The molecule has 1 fully saturated rings. The van der Waals surface area contributed by atoms with Crippen molar-refractivity contribution in [2.45, 2.75) is 19.3 Å². The summed E-state index contributed by atoms with van der Waals surface area (Å²) in [6.07, 6.45) is 2.59. The third-order valence-corrected chi connectivity index (χ3v) is 3.70. The molecule has 2 rings (SSSR count). The Kier molecular flexibility index (Phi) is 5.70. The predicted octanol–water partition coefficient (Wildman–Crippen LogP) is 1.72. The number of rotatable bonds is 5. The average molecular weight is 289 g/mol. The molecule has 1 aromatic carbocycles. The van der Waals surface area contributed by atoms with Crippen LogP contribution >= 0.6 is 0 Å². The van der Waals surface area contributed by atoms with Crippen molar-refractivity contribution in [2.24, 2.45) is 5.92 Å². The number of hydrogen-bond donors (Lipinski definition) is 1. The highest BCUT2D eigenvalue weighted by Crippen LogP contribution is 2.14. The SMILES string of the molecule is N#CC1CCCN(CC(=O)NCCc2ccc(F)cc2)C1. The molecular formula is C16H20FN3O. The number of nitrogens with one attached hydrogen (secondary N) is 1. The molecule has 1 N–H and O–H groups in total. The molecule has 21 heavy (non-hydrogen) atoms. The van der Waals surface area contributed by atoms with Gasteiger partial charge in [-0.3, -0.25) is 9.69 Å². The van der Waals surface area contributed by atoms with Gasteiger partial charge >= 0.3 is 0 Å². The van der Waals surface area contributed by atoms with Crippen molar-refractivity contribution in [3.63, 3.8) is 0 Å². The van der Waals surface area contributed by atoms with Gasteiger partial charge in [0.1, 0.15) is 5.82 Å². The average Bonchev–Trinajstić information content (AvgIpc) is 2.49. The topological polar surface area (TPSA) is 56.1 Å². The number of nitriles is 1. The van der Waals surface area contributed by atoms with Crippen molar-refractivity contribution < 1.29 is 9.18 Å². The maximum absolute atomic E-state index is 12.8. The van der Waals surface area contributed by atoms with Crippen LogP contribution in [0.2, 0.25) is 0 Å². The van der Waals surface area contributed by atoms with E-state index >= 15 is 0 Å². The van der Waals surface area contributed by atoms with E-state index in [9.17, 15) is 9.18 Å². The van der Waals surface area contributed by atoms with Crippen LogP contribution in [0.1, 0.15) is 18.4 Å². The van der Waals surface area contributed by atoms with Gasteiger partial charge in [0.2, 0.25) is 5.91 Å². The van der Waals surface area contributed by atoms with Crippen LogP contribution in [-0.2, 0) is 11.2 Å². The molecule has 0 radical (unpaired) electrons. The molecule has 1 aromatic rings. The summed E-state index contributed by atoms with van der Waals surface area (Å²) in [7, 11) is 0. The molecule has 4 nitrogen and oxygen atoms in total. The second-order valence-corrected chi connectivity index (χ2v) is 5.43. The molecule has 5 heteroatoms. The minimum absolute atomic E-state index is 0.0179. The second-order valence-electron chi connectivity index (χ2n) is 5.43. The van der Waals surface area contributed by atoms with Crippen LogP contribution < -0.4 is 5.32 Å². The molecule has 1 unspecified atom stereocenters. The van der Waals surface area contributed by atoms with Crippen molar-refractivity contribution in [1.82, 2.24) is 10.2 Å². The molecule has 0 spiro atoms. The van der Waals surface area contributed by atoms with Crippen LogP contribution in [0.25, 0.3) is 0 Å². The van der Waals surface area contributed by atoms with E-state index in [0.29, 0.717) is 26.1 Å². The van der Waals surface area contributed by atoms with Crippen LogP contribution in [0.3, 0.4) is 0 Å². The van der Waals surface area contributed by atoms with E-state index in [4.69, 9.17) is 5.26 Å². The lowest BCUT2D eigenvalue weighted by atomic mass is 10.00. The lowest BCUT2D eigenvalue weighted by Gasteiger charge is -2.28. The number of hydrogen-bond acceptors (Lipinski definition) is 3. The van der Waals surface area contributed by atoms with Gasteiger partial charge in [-0.1, -0.05) is 12.1 Å². The van der Waals surface area contributed by atoms with Crippen LogP contribution in [0.15, 0.2) is 24.3 Å². The van der Waals surface area contributed by atoms with E-state index in [-0.39, 0.29) is 17.6 Å². The molecule has 1 saturated heterocycles. The first-order valence-corrected chi connectivity index (χ1v) is 7.30. The fraction of sp³-hybridized carbons (Fsp3) is 0.500. The van der Waals surface area contributed by atoms with E-state index in [2.05, 4.69) is 11.4 Å². The number of benzene rings is 1. The van der Waals surface area contributed by atoms with Crippen LogP contribution in [0, 0.1) is 23.1 Å². The first-order chi connectivity index (χ1) is 10.2. The van der Waals surface area contributed by atoms with Crippen molar-refractivity contribution in [2.75, 3.05) is 26.2 Å². The zero-order valence-electron chi connectivity index (χ0n) is 12.0. The number of nitrogens with zero attached hydrogens (tertiary/aromatic N) is 2. The molecule has 1 aliphatic rings. The molecule has 112 valence electrons. The summed E-state index contributed by atoms with van der Waals surface area (Å²) in [5.41, 5.74) is 0.999. The Morgan fingerprint density at radius 3 is 2.90 bits per heavy atom. The quantitative estimate of drug-likeness (QED) is 0.898. The maximum atomic E-state index is 12.8. The monoisotopic (exact) mass is 289 g/mol. The number of amides is 1. The molecule has 0 saturated carbocycles. The number of carbonyl (C=O) groups is 1. The highest BCUT2D eigenvalue weighted by atomic mass is 19.1. The summed E-state index contributed by atoms with van der Waals surface area (Å²) in [5.74, 6) is -0.221. The van der Waals surface area contributed by atoms with Crippen molar-refractivity contribution in [3.8, 4) is 6.07 Å². The lowest BCUT2D eigenvalue weighted by molar-refractivity contribution is -0.122. The molecule has 1 heterocycles. The second kappa shape index (κ2) is 7.75. The maximum Gasteiger partial charge on any atom is 0.234 e. The molecule has 0 bridgehead atoms. The summed E-state index contributed by atoms with van der Waals surface area (Å²) >= 11 is 0. The zero-order chi connectivity index (χ0) is 15.1. The van der Waals surface area contributed by atoms with Crippen LogP contribution in [0.4, 0.5) is 4.39 Å². The molecule has 0 aliphatic carbocycles. The number of halogens is 1. The molecule has 0 aromatic heterocycles. The van der Waals surface area contributed by atoms with E-state index in [1.54, 1.807) is 12.1 Å². The summed E-state index contributed by atoms with van der Waals surface area (Å²) in [6, 6.07) is 8.57. The van der Waals surface area contributed by atoms with Gasteiger partial charge in [0.05, 0.1) is 18.5 Å². The standard InChI is InChI=1S/C16H20FN3O/c17-15-5-3-13(4-6-15)7-8-19-16(21)12-20-9-1-2-14(10-18)11-20/h3-6,14H,1-2,7-9,11-12H2,(H,19,21). The minimum Gasteiger partial charge on any atom is -0.355 e. The summed E-state index contributed by atoms with van der Waals surface area (Å²) in [6.45, 7) is 2.45. The largest absolute Gasteiger partial charge is 0.355 e. The van der Waals surface area contributed by atoms with Gasteiger partial charge in [0.15, 0.2) is 0 Å². The Hall–Kier alpha value is -1.93. The summed E-state index contributed by atoms with van der Waals surface area (Å²) in [5, 5.41) is 11.8. The van der Waals surface area contributed by atoms with E-state index < -0.39 is 0 Å². The molecule has 1 atom stereocenters.